The van der Waals surface area contributed by atoms with Crippen LogP contribution in [0, 0.1) is 0 Å². The second-order valence-electron chi connectivity index (χ2n) is 18.1. The predicted molar refractivity (Wildman–Crippen MR) is 271 cm³/mol. The van der Waals surface area contributed by atoms with Crippen LogP contribution < -0.4 is 0 Å². The maximum absolute atomic E-state index is 5.44. The molecule has 0 amide bonds. The fourth-order valence-electron chi connectivity index (χ4n) is 12.7. The van der Waals surface area contributed by atoms with Gasteiger partial charge in [0.2, 0.25) is 5.95 Å². The minimum absolute atomic E-state index is 0.520. The molecular formula is C63H38N4. The summed E-state index contributed by atoms with van der Waals surface area (Å²) < 4.78 is 2.35. The largest absolute Gasteiger partial charge is 0.277 e. The van der Waals surface area contributed by atoms with Gasteiger partial charge in [0.1, 0.15) is 0 Å². The first-order valence-corrected chi connectivity index (χ1v) is 23.1. The summed E-state index contributed by atoms with van der Waals surface area (Å²) in [6, 6.07) is 84.6. The van der Waals surface area contributed by atoms with Gasteiger partial charge in [0, 0.05) is 27.5 Å². The molecule has 12 aromatic rings. The number of benzene rings is 10. The fourth-order valence-corrected chi connectivity index (χ4v) is 12.7. The number of aromatic nitrogens is 4. The zero-order chi connectivity index (χ0) is 43.8. The van der Waals surface area contributed by atoms with Gasteiger partial charge in [-0.2, -0.15) is 9.97 Å². The summed E-state index contributed by atoms with van der Waals surface area (Å²) in [6.07, 6.45) is 0. The van der Waals surface area contributed by atoms with E-state index in [1.54, 1.807) is 0 Å². The number of hydrogen-bond acceptors (Lipinski definition) is 3. The summed E-state index contributed by atoms with van der Waals surface area (Å²) in [7, 11) is 0. The van der Waals surface area contributed by atoms with Crippen molar-refractivity contribution in [3.05, 3.63) is 275 Å². The molecular weight excluding hydrogens is 813 g/mol. The molecule has 0 fully saturated rings. The summed E-state index contributed by atoms with van der Waals surface area (Å²) in [5.41, 5.74) is 18.3. The average molecular weight is 851 g/mol. The van der Waals surface area contributed by atoms with Crippen molar-refractivity contribution in [2.45, 2.75) is 10.8 Å². The van der Waals surface area contributed by atoms with Gasteiger partial charge in [-0.3, -0.25) is 4.57 Å². The molecule has 0 aliphatic heterocycles. The fraction of sp³-hybridized carbons (Fsp3) is 0.0317. The van der Waals surface area contributed by atoms with Crippen LogP contribution in [-0.2, 0) is 10.8 Å². The van der Waals surface area contributed by atoms with Crippen molar-refractivity contribution in [3.63, 3.8) is 0 Å². The van der Waals surface area contributed by atoms with E-state index in [1.165, 1.54) is 82.9 Å². The lowest BCUT2D eigenvalue weighted by atomic mass is 9.52. The van der Waals surface area contributed by atoms with Crippen molar-refractivity contribution >= 4 is 32.6 Å². The monoisotopic (exact) mass is 850 g/mol. The predicted octanol–water partition coefficient (Wildman–Crippen LogP) is 14.5. The van der Waals surface area contributed by atoms with E-state index in [2.05, 4.69) is 199 Å². The molecule has 4 nitrogen and oxygen atoms in total. The van der Waals surface area contributed by atoms with Crippen LogP contribution in [0.3, 0.4) is 0 Å². The lowest BCUT2D eigenvalue weighted by molar-refractivity contribution is 0.633. The summed E-state index contributed by atoms with van der Waals surface area (Å²) in [5.74, 6) is 1.84. The van der Waals surface area contributed by atoms with Crippen molar-refractivity contribution in [1.82, 2.24) is 19.5 Å². The van der Waals surface area contributed by atoms with E-state index >= 15 is 0 Å². The number of rotatable bonds is 3. The maximum Gasteiger partial charge on any atom is 0.238 e. The minimum Gasteiger partial charge on any atom is -0.277 e. The first-order valence-electron chi connectivity index (χ1n) is 23.1. The molecule has 15 rings (SSSR count). The summed E-state index contributed by atoms with van der Waals surface area (Å²) in [5, 5.41) is 4.72. The Balaban J connectivity index is 1.12. The Labute approximate surface area is 387 Å². The lowest BCUT2D eigenvalue weighted by Gasteiger charge is -2.48. The highest BCUT2D eigenvalue weighted by Crippen LogP contribution is 2.68. The van der Waals surface area contributed by atoms with Crippen LogP contribution in [0.1, 0.15) is 44.5 Å². The van der Waals surface area contributed by atoms with Gasteiger partial charge in [-0.1, -0.05) is 224 Å². The third kappa shape index (κ3) is 4.59. The van der Waals surface area contributed by atoms with E-state index in [0.29, 0.717) is 17.6 Å². The van der Waals surface area contributed by atoms with Crippen LogP contribution in [-0.4, -0.2) is 19.5 Å². The van der Waals surface area contributed by atoms with E-state index < -0.39 is 10.8 Å². The van der Waals surface area contributed by atoms with Gasteiger partial charge in [-0.05, 0) is 78.0 Å². The van der Waals surface area contributed by atoms with Crippen LogP contribution in [0.15, 0.2) is 231 Å². The van der Waals surface area contributed by atoms with E-state index in [1.807, 2.05) is 36.4 Å². The molecule has 67 heavy (non-hydrogen) atoms. The molecule has 3 aliphatic rings. The first-order chi connectivity index (χ1) is 33.3. The lowest BCUT2D eigenvalue weighted by Crippen LogP contribution is -2.43. The molecule has 310 valence electrons. The molecule has 2 spiro atoms. The Morgan fingerprint density at radius 1 is 0.313 bits per heavy atom. The van der Waals surface area contributed by atoms with Gasteiger partial charge in [0.15, 0.2) is 11.6 Å². The molecule has 2 aromatic heterocycles. The zero-order valence-corrected chi connectivity index (χ0v) is 36.2. The van der Waals surface area contributed by atoms with Gasteiger partial charge in [0.05, 0.1) is 21.9 Å². The number of fused-ring (bicyclic) bond motifs is 22. The second kappa shape index (κ2) is 13.4. The first kappa shape index (κ1) is 36.6. The van der Waals surface area contributed by atoms with E-state index in [0.717, 1.165) is 27.5 Å². The molecule has 0 N–H and O–H groups in total. The Bertz CT molecular complexity index is 3900. The Morgan fingerprint density at radius 2 is 0.761 bits per heavy atom. The van der Waals surface area contributed by atoms with Crippen molar-refractivity contribution in [2.75, 3.05) is 0 Å². The topological polar surface area (TPSA) is 43.6 Å². The highest BCUT2D eigenvalue weighted by atomic mass is 15.2. The average Bonchev–Trinajstić information content (AvgIpc) is 4.02. The highest BCUT2D eigenvalue weighted by molar-refractivity contribution is 6.24. The minimum atomic E-state index is -0.655. The van der Waals surface area contributed by atoms with Crippen molar-refractivity contribution in [1.29, 1.82) is 0 Å². The van der Waals surface area contributed by atoms with Crippen LogP contribution in [0.2, 0.25) is 0 Å². The molecule has 0 saturated heterocycles. The molecule has 0 bridgehead atoms. The smallest absolute Gasteiger partial charge is 0.238 e. The van der Waals surface area contributed by atoms with Crippen molar-refractivity contribution in [2.24, 2.45) is 0 Å². The van der Waals surface area contributed by atoms with E-state index in [9.17, 15) is 0 Å². The molecule has 0 saturated carbocycles. The normalized spacial score (nSPS) is 14.2. The highest BCUT2D eigenvalue weighted by Gasteiger charge is 2.59. The molecule has 0 radical (unpaired) electrons. The molecule has 0 unspecified atom stereocenters. The molecule has 10 aromatic carbocycles. The van der Waals surface area contributed by atoms with Gasteiger partial charge in [0.25, 0.3) is 0 Å². The van der Waals surface area contributed by atoms with E-state index in [-0.39, 0.29) is 0 Å². The molecule has 2 heterocycles. The standard InChI is InChI=1S/C63H38N4/c1-3-20-40(21-4-1)59-64-60(41-22-5-2-6-23-41)66-61(65-59)67-55-38-35-39-19-7-8-24-42(39)56(55)46-36-37-54-57(58(46)67)45-27-11-14-30-49(45)63(54)52-33-17-15-31-50(52)62(51-32-16-18-34-53(51)63)47-28-12-9-25-43(47)44-26-10-13-29-48(44)62/h1-38H. The summed E-state index contributed by atoms with van der Waals surface area (Å²) >= 11 is 0. The van der Waals surface area contributed by atoms with Crippen molar-refractivity contribution < 1.29 is 0 Å². The van der Waals surface area contributed by atoms with Crippen molar-refractivity contribution in [3.8, 4) is 51.0 Å². The molecule has 4 heteroatoms. The van der Waals surface area contributed by atoms with Gasteiger partial charge < -0.3 is 0 Å². The second-order valence-corrected chi connectivity index (χ2v) is 18.1. The summed E-state index contributed by atoms with van der Waals surface area (Å²) in [4.78, 5) is 16.0. The molecule has 0 atom stereocenters. The quantitative estimate of drug-likeness (QED) is 0.178. The van der Waals surface area contributed by atoms with Gasteiger partial charge in [-0.15, -0.1) is 0 Å². The zero-order valence-electron chi connectivity index (χ0n) is 36.2. The third-order valence-corrected chi connectivity index (χ3v) is 15.1. The Morgan fingerprint density at radius 3 is 1.33 bits per heavy atom. The van der Waals surface area contributed by atoms with Gasteiger partial charge in [-0.25, -0.2) is 4.98 Å². The number of nitrogens with zero attached hydrogens (tertiary/aromatic N) is 4. The Hall–Kier alpha value is -8.73. The molecule has 3 aliphatic carbocycles. The van der Waals surface area contributed by atoms with Gasteiger partial charge >= 0.3 is 0 Å². The third-order valence-electron chi connectivity index (χ3n) is 15.1. The van der Waals surface area contributed by atoms with Crippen LogP contribution >= 0.6 is 0 Å². The number of hydrogen-bond donors (Lipinski definition) is 0. The maximum atomic E-state index is 5.44. The van der Waals surface area contributed by atoms with Crippen LogP contribution in [0.25, 0.3) is 83.6 Å². The van der Waals surface area contributed by atoms with E-state index in [4.69, 9.17) is 15.0 Å². The summed E-state index contributed by atoms with van der Waals surface area (Å²) in [6.45, 7) is 0. The van der Waals surface area contributed by atoms with Crippen LogP contribution in [0.4, 0.5) is 0 Å². The Kier molecular flexibility index (Phi) is 7.33. The SMILES string of the molecule is c1ccc(-c2nc(-c3ccccc3)nc(-n3c4ccc5ccccc5c4c4ccc5c(c43)-c3ccccc3C53c4ccccc4C4(c5ccccc5-c5ccccc54)c4ccccc43)n2)cc1. The van der Waals surface area contributed by atoms with Crippen LogP contribution in [0.5, 0.6) is 0 Å².